The molecule has 9 heteroatoms. The van der Waals surface area contributed by atoms with Gasteiger partial charge in [0.25, 0.3) is 0 Å². The Morgan fingerprint density at radius 3 is 2.28 bits per heavy atom. The second-order valence-corrected chi connectivity index (χ2v) is 7.80. The second kappa shape index (κ2) is 8.41. The van der Waals surface area contributed by atoms with E-state index in [1.807, 2.05) is 0 Å². The number of hydrogen-bond acceptors (Lipinski definition) is 3. The highest BCUT2D eigenvalue weighted by Crippen LogP contribution is 2.49. The predicted molar refractivity (Wildman–Crippen MR) is 112 cm³/mol. The molecule has 2 unspecified atom stereocenters. The molecule has 1 aromatic heterocycles. The molecule has 0 aliphatic rings. The van der Waals surface area contributed by atoms with E-state index < -0.39 is 34.6 Å². The molecule has 0 amide bonds. The van der Waals surface area contributed by atoms with Crippen molar-refractivity contribution in [2.45, 2.75) is 24.6 Å². The smallest absolute Gasteiger partial charge is 0.376 e. The first-order chi connectivity index (χ1) is 14.9. The van der Waals surface area contributed by atoms with E-state index in [0.717, 1.165) is 29.0 Å². The van der Waals surface area contributed by atoms with Crippen molar-refractivity contribution in [2.24, 2.45) is 7.05 Å². The van der Waals surface area contributed by atoms with Crippen LogP contribution in [0.25, 0.3) is 11.1 Å². The van der Waals surface area contributed by atoms with Gasteiger partial charge in [-0.15, -0.1) is 0 Å². The zero-order chi connectivity index (χ0) is 23.8. The predicted octanol–water partition coefficient (Wildman–Crippen LogP) is 5.27. The average molecular weight is 465 g/mol. The van der Waals surface area contributed by atoms with E-state index >= 15 is 0 Å². The zero-order valence-electron chi connectivity index (χ0n) is 16.9. The van der Waals surface area contributed by atoms with E-state index in [2.05, 4.69) is 0 Å². The third-order valence-corrected chi connectivity index (χ3v) is 5.80. The Bertz CT molecular complexity index is 1280. The molecular weight excluding hydrogens is 448 g/mol. The summed E-state index contributed by atoms with van der Waals surface area (Å²) >= 11 is 6.31. The zero-order valence-corrected chi connectivity index (χ0v) is 17.7. The number of aryl methyl sites for hydroxylation is 1. The summed E-state index contributed by atoms with van der Waals surface area (Å²) < 4.78 is 56.9. The Labute approximate surface area is 185 Å². The number of benzene rings is 2. The van der Waals surface area contributed by atoms with Crippen LogP contribution in [0.1, 0.15) is 29.5 Å². The first kappa shape index (κ1) is 23.5. The Balaban J connectivity index is 2.10. The van der Waals surface area contributed by atoms with Crippen LogP contribution in [-0.4, -0.2) is 15.8 Å². The van der Waals surface area contributed by atoms with Crippen LogP contribution in [0.2, 0.25) is 5.02 Å². The van der Waals surface area contributed by atoms with E-state index in [4.69, 9.17) is 16.9 Å². The number of nitriles is 1. The SMILES string of the molecule is CC(c1ccc(-c2ccc(F)c(C#N)c2)cc1Cl)C(O)(c1ccc(=O)n(C)c1)C(F)(F)F. The largest absolute Gasteiger partial charge is 0.422 e. The molecule has 0 saturated carbocycles. The number of hydrogen-bond donors (Lipinski definition) is 1. The van der Waals surface area contributed by atoms with Gasteiger partial charge < -0.3 is 9.67 Å². The molecule has 3 rings (SSSR count). The van der Waals surface area contributed by atoms with Crippen LogP contribution in [-0.2, 0) is 12.6 Å². The van der Waals surface area contributed by atoms with Crippen molar-refractivity contribution >= 4 is 11.6 Å². The van der Waals surface area contributed by atoms with Crippen LogP contribution in [0.15, 0.2) is 59.5 Å². The Morgan fingerprint density at radius 2 is 1.72 bits per heavy atom. The van der Waals surface area contributed by atoms with Crippen molar-refractivity contribution in [3.63, 3.8) is 0 Å². The van der Waals surface area contributed by atoms with Gasteiger partial charge in [-0.2, -0.15) is 18.4 Å². The van der Waals surface area contributed by atoms with Gasteiger partial charge in [-0.1, -0.05) is 36.7 Å². The highest BCUT2D eigenvalue weighted by Gasteiger charge is 2.59. The summed E-state index contributed by atoms with van der Waals surface area (Å²) in [6, 6.07) is 11.7. The maximum absolute atomic E-state index is 14.1. The van der Waals surface area contributed by atoms with Gasteiger partial charge in [0.2, 0.25) is 5.56 Å². The molecule has 0 saturated heterocycles. The van der Waals surface area contributed by atoms with E-state index in [1.54, 1.807) is 6.07 Å². The van der Waals surface area contributed by atoms with Crippen molar-refractivity contribution in [3.8, 4) is 17.2 Å². The number of halogens is 5. The van der Waals surface area contributed by atoms with E-state index in [-0.39, 0.29) is 16.1 Å². The topological polar surface area (TPSA) is 66.0 Å². The molecule has 166 valence electrons. The van der Waals surface area contributed by atoms with Crippen LogP contribution >= 0.6 is 11.6 Å². The van der Waals surface area contributed by atoms with Crippen LogP contribution in [0.5, 0.6) is 0 Å². The molecular formula is C23H17ClF4N2O2. The molecule has 32 heavy (non-hydrogen) atoms. The van der Waals surface area contributed by atoms with Gasteiger partial charge in [-0.25, -0.2) is 4.39 Å². The van der Waals surface area contributed by atoms with Gasteiger partial charge in [-0.05, 0) is 41.0 Å². The first-order valence-electron chi connectivity index (χ1n) is 9.36. The fourth-order valence-corrected chi connectivity index (χ4v) is 3.90. The molecule has 0 bridgehead atoms. The molecule has 1 heterocycles. The van der Waals surface area contributed by atoms with Crippen molar-refractivity contribution in [3.05, 3.63) is 92.6 Å². The van der Waals surface area contributed by atoms with Crippen LogP contribution in [0.4, 0.5) is 17.6 Å². The highest BCUT2D eigenvalue weighted by atomic mass is 35.5. The van der Waals surface area contributed by atoms with Gasteiger partial charge >= 0.3 is 6.18 Å². The minimum atomic E-state index is -5.08. The Kier molecular flexibility index (Phi) is 6.18. The van der Waals surface area contributed by atoms with Gasteiger partial charge in [0.05, 0.1) is 5.56 Å². The van der Waals surface area contributed by atoms with Crippen molar-refractivity contribution in [2.75, 3.05) is 0 Å². The summed E-state index contributed by atoms with van der Waals surface area (Å²) in [6.45, 7) is 1.19. The molecule has 4 nitrogen and oxygen atoms in total. The van der Waals surface area contributed by atoms with Crippen LogP contribution < -0.4 is 5.56 Å². The quantitative estimate of drug-likeness (QED) is 0.535. The fraction of sp³-hybridized carbons (Fsp3) is 0.217. The van der Waals surface area contributed by atoms with Crippen molar-refractivity contribution in [1.29, 1.82) is 5.26 Å². The minimum absolute atomic E-state index is 0.0201. The summed E-state index contributed by atoms with van der Waals surface area (Å²) in [5.41, 5.74) is -3.61. The minimum Gasteiger partial charge on any atom is -0.376 e. The molecule has 0 radical (unpaired) electrons. The number of nitrogens with zero attached hydrogens (tertiary/aromatic N) is 2. The summed E-state index contributed by atoms with van der Waals surface area (Å²) in [4.78, 5) is 11.6. The lowest BCUT2D eigenvalue weighted by atomic mass is 9.78. The molecule has 2 aromatic carbocycles. The van der Waals surface area contributed by atoms with E-state index in [0.29, 0.717) is 11.1 Å². The van der Waals surface area contributed by atoms with Gasteiger partial charge in [0.1, 0.15) is 11.9 Å². The molecule has 0 aliphatic carbocycles. The number of aliphatic hydroxyl groups is 1. The van der Waals surface area contributed by atoms with Crippen molar-refractivity contribution < 1.29 is 22.7 Å². The third kappa shape index (κ3) is 4.01. The lowest BCUT2D eigenvalue weighted by Crippen LogP contribution is -2.47. The summed E-state index contributed by atoms with van der Waals surface area (Å²) in [7, 11) is 1.28. The standard InChI is InChI=1S/C23H17ClF4N2O2/c1-13(22(32,23(26,27)28)17-5-8-21(31)30(2)12-17)18-6-3-15(10-19(18)24)14-4-7-20(25)16(9-14)11-29/h3-10,12-13,32H,1-2H3. The van der Waals surface area contributed by atoms with E-state index in [1.165, 1.54) is 44.3 Å². The molecule has 1 N–H and O–H groups in total. The Hall–Kier alpha value is -3.15. The van der Waals surface area contributed by atoms with Crippen LogP contribution in [0, 0.1) is 17.1 Å². The van der Waals surface area contributed by atoms with Gasteiger partial charge in [0, 0.05) is 35.8 Å². The van der Waals surface area contributed by atoms with Crippen LogP contribution in [0.3, 0.4) is 0 Å². The normalized spacial score (nSPS) is 14.5. The van der Waals surface area contributed by atoms with Crippen molar-refractivity contribution in [1.82, 2.24) is 4.57 Å². The highest BCUT2D eigenvalue weighted by molar-refractivity contribution is 6.31. The number of alkyl halides is 3. The maximum Gasteiger partial charge on any atom is 0.422 e. The Morgan fingerprint density at radius 1 is 1.09 bits per heavy atom. The summed E-state index contributed by atoms with van der Waals surface area (Å²) in [5.74, 6) is -2.23. The number of aromatic nitrogens is 1. The molecule has 0 fully saturated rings. The monoisotopic (exact) mass is 464 g/mol. The lowest BCUT2D eigenvalue weighted by Gasteiger charge is -2.37. The molecule has 0 aliphatic heterocycles. The molecule has 2 atom stereocenters. The molecule has 0 spiro atoms. The second-order valence-electron chi connectivity index (χ2n) is 7.40. The molecule has 3 aromatic rings. The lowest BCUT2D eigenvalue weighted by molar-refractivity contribution is -0.274. The van der Waals surface area contributed by atoms with E-state index in [9.17, 15) is 27.5 Å². The number of rotatable bonds is 4. The maximum atomic E-state index is 14.1. The fourth-order valence-electron chi connectivity index (χ4n) is 3.55. The van der Waals surface area contributed by atoms with Gasteiger partial charge in [-0.3, -0.25) is 4.79 Å². The summed E-state index contributed by atoms with van der Waals surface area (Å²) in [5, 5.41) is 19.8. The number of pyridine rings is 1. The first-order valence-corrected chi connectivity index (χ1v) is 9.73. The summed E-state index contributed by atoms with van der Waals surface area (Å²) in [6.07, 6.45) is -4.14. The van der Waals surface area contributed by atoms with Gasteiger partial charge in [0.15, 0.2) is 5.60 Å². The average Bonchev–Trinajstić information content (AvgIpc) is 2.74. The third-order valence-electron chi connectivity index (χ3n) is 5.47.